The number of aromatic nitrogens is 3. The fourth-order valence-electron chi connectivity index (χ4n) is 4.61. The quantitative estimate of drug-likeness (QED) is 0.734. The molecule has 5 heterocycles. The van der Waals surface area contributed by atoms with Crippen LogP contribution in [-0.2, 0) is 0 Å². The largest absolute Gasteiger partial charge is 0.304 e. The van der Waals surface area contributed by atoms with Crippen molar-refractivity contribution < 1.29 is 4.48 Å². The molecular formula is C18H20FN9. The van der Waals surface area contributed by atoms with Crippen molar-refractivity contribution in [2.45, 2.75) is 25.0 Å². The van der Waals surface area contributed by atoms with E-state index in [1.807, 2.05) is 45.5 Å². The maximum absolute atomic E-state index is 14.2. The van der Waals surface area contributed by atoms with Crippen LogP contribution in [0.2, 0.25) is 0 Å². The highest BCUT2D eigenvalue weighted by atomic mass is 19.2. The molecule has 6 rings (SSSR count). The number of nitrogens with zero attached hydrogens (tertiary/aromatic N) is 9. The third-order valence-corrected chi connectivity index (χ3v) is 5.93. The minimum atomic E-state index is -0.261. The lowest BCUT2D eigenvalue weighted by atomic mass is 10.1. The lowest BCUT2D eigenvalue weighted by Crippen LogP contribution is -2.52. The van der Waals surface area contributed by atoms with Gasteiger partial charge in [-0.05, 0) is 37.7 Å². The van der Waals surface area contributed by atoms with Gasteiger partial charge >= 0.3 is 0 Å². The minimum absolute atomic E-state index is 0.152. The Kier molecular flexibility index (Phi) is 3.22. The van der Waals surface area contributed by atoms with Crippen LogP contribution in [0.15, 0.2) is 47.5 Å². The third-order valence-electron chi connectivity index (χ3n) is 5.93. The van der Waals surface area contributed by atoms with Crippen molar-refractivity contribution >= 4 is 12.0 Å². The summed E-state index contributed by atoms with van der Waals surface area (Å²) in [6.07, 6.45) is 7.02. The second kappa shape index (κ2) is 5.68. The molecule has 1 fully saturated rings. The highest BCUT2D eigenvalue weighted by Gasteiger charge is 2.45. The Morgan fingerprint density at radius 1 is 1.21 bits per heavy atom. The topological polar surface area (TPSA) is 59.3 Å². The van der Waals surface area contributed by atoms with Crippen LogP contribution in [0.1, 0.15) is 36.3 Å². The fraction of sp³-hybridized carbons (Fsp3) is 0.389. The van der Waals surface area contributed by atoms with E-state index in [1.165, 1.54) is 6.20 Å². The molecule has 0 aliphatic carbocycles. The Labute approximate surface area is 161 Å². The monoisotopic (exact) mass is 381 g/mol. The average Bonchev–Trinajstić information content (AvgIpc) is 3.46. The predicted molar refractivity (Wildman–Crippen MR) is 101 cm³/mol. The summed E-state index contributed by atoms with van der Waals surface area (Å²) < 4.78 is 14.2. The summed E-state index contributed by atoms with van der Waals surface area (Å²) in [5.74, 6) is 0.727. The number of rotatable bonds is 2. The van der Waals surface area contributed by atoms with Crippen molar-refractivity contribution in [2.24, 2.45) is 4.99 Å². The molecule has 0 radical (unpaired) electrons. The Morgan fingerprint density at radius 2 is 2.11 bits per heavy atom. The van der Waals surface area contributed by atoms with Gasteiger partial charge < -0.3 is 4.90 Å². The molecule has 0 amide bonds. The summed E-state index contributed by atoms with van der Waals surface area (Å²) in [6.45, 7) is 1.21. The molecule has 0 N–H and O–H groups in total. The third kappa shape index (κ3) is 2.06. The van der Waals surface area contributed by atoms with Crippen LogP contribution in [0, 0.1) is 0 Å². The van der Waals surface area contributed by atoms with Crippen molar-refractivity contribution in [1.29, 1.82) is 0 Å². The van der Waals surface area contributed by atoms with Crippen LogP contribution in [0.3, 0.4) is 0 Å². The number of anilines is 1. The number of hydrogen-bond donors (Lipinski definition) is 0. The second-order valence-corrected chi connectivity index (χ2v) is 7.51. The average molecular weight is 381 g/mol. The van der Waals surface area contributed by atoms with Crippen molar-refractivity contribution in [3.05, 3.63) is 53.7 Å². The summed E-state index contributed by atoms with van der Waals surface area (Å²) in [5.41, 5.74) is 3.02. The molecule has 9 nitrogen and oxygen atoms in total. The highest BCUT2D eigenvalue weighted by molar-refractivity contribution is 5.74. The van der Waals surface area contributed by atoms with E-state index in [4.69, 9.17) is 4.99 Å². The van der Waals surface area contributed by atoms with Gasteiger partial charge in [-0.25, -0.2) is 10.0 Å². The molecule has 1 aromatic heterocycles. The molecule has 4 aliphatic heterocycles. The summed E-state index contributed by atoms with van der Waals surface area (Å²) in [7, 11) is 2.12. The van der Waals surface area contributed by atoms with Crippen LogP contribution in [0.25, 0.3) is 0 Å². The Balaban J connectivity index is 1.45. The van der Waals surface area contributed by atoms with Gasteiger partial charge in [0.2, 0.25) is 0 Å². The van der Waals surface area contributed by atoms with E-state index < -0.39 is 0 Å². The van der Waals surface area contributed by atoms with Crippen molar-refractivity contribution in [3.8, 4) is 0 Å². The number of hydrogen-bond acceptors (Lipinski definition) is 8. The zero-order valence-electron chi connectivity index (χ0n) is 15.4. The van der Waals surface area contributed by atoms with Gasteiger partial charge in [-0.15, -0.1) is 9.89 Å². The van der Waals surface area contributed by atoms with E-state index in [0.717, 1.165) is 42.2 Å². The van der Waals surface area contributed by atoms with Gasteiger partial charge in [-0.3, -0.25) is 4.90 Å². The summed E-state index contributed by atoms with van der Waals surface area (Å²) >= 11 is 0. The van der Waals surface area contributed by atoms with Crippen molar-refractivity contribution in [1.82, 2.24) is 30.1 Å². The molecule has 1 aromatic carbocycles. The van der Waals surface area contributed by atoms with E-state index in [0.29, 0.717) is 5.12 Å². The minimum Gasteiger partial charge on any atom is -0.304 e. The second-order valence-electron chi connectivity index (χ2n) is 7.51. The van der Waals surface area contributed by atoms with Gasteiger partial charge in [0, 0.05) is 5.56 Å². The van der Waals surface area contributed by atoms with E-state index >= 15 is 0 Å². The van der Waals surface area contributed by atoms with Crippen LogP contribution in [0.4, 0.5) is 10.2 Å². The highest BCUT2D eigenvalue weighted by Crippen LogP contribution is 2.45. The lowest BCUT2D eigenvalue weighted by molar-refractivity contribution is 0.104. The molecule has 0 bridgehead atoms. The molecule has 1 saturated heterocycles. The lowest BCUT2D eigenvalue weighted by Gasteiger charge is -2.42. The van der Waals surface area contributed by atoms with Crippen LogP contribution in [0.5, 0.6) is 0 Å². The number of hydrazine groups is 1. The van der Waals surface area contributed by atoms with E-state index in [1.54, 1.807) is 11.1 Å². The number of aliphatic imine (C=N–C) groups is 1. The molecule has 0 spiro atoms. The maximum atomic E-state index is 14.2. The van der Waals surface area contributed by atoms with Crippen LogP contribution < -0.4 is 10.0 Å². The molecule has 28 heavy (non-hydrogen) atoms. The maximum Gasteiger partial charge on any atom is 0.173 e. The van der Waals surface area contributed by atoms with E-state index in [2.05, 4.69) is 22.3 Å². The molecule has 2 atom stereocenters. The Morgan fingerprint density at radius 3 is 2.96 bits per heavy atom. The first-order valence-corrected chi connectivity index (χ1v) is 9.46. The molecule has 144 valence electrons. The summed E-state index contributed by atoms with van der Waals surface area (Å²) in [5, 5.41) is 13.0. The van der Waals surface area contributed by atoms with Crippen LogP contribution >= 0.6 is 0 Å². The summed E-state index contributed by atoms with van der Waals surface area (Å²) in [4.78, 5) is 10.8. The number of fused-ring (bicyclic) bond motifs is 6. The molecule has 10 heteroatoms. The van der Waals surface area contributed by atoms with Gasteiger partial charge in [0.15, 0.2) is 12.0 Å². The zero-order valence-corrected chi connectivity index (χ0v) is 15.4. The molecule has 2 aromatic rings. The van der Waals surface area contributed by atoms with E-state index in [-0.39, 0.29) is 18.9 Å². The standard InChI is InChI=1S/C18H20FN9/c1-23-8-4-7-15(23)16-9-21-22-28(16)26-11-20-18-13-5-2-3-6-14(13)25-12-24(19)10-17(25)27(18)26/h2-3,5-6,9-11,15,18H,4,7-8,12H2,1H3. The zero-order chi connectivity index (χ0) is 18.8. The molecule has 2 unspecified atom stereocenters. The number of halogens is 1. The molecular weight excluding hydrogens is 361 g/mol. The first kappa shape index (κ1) is 15.9. The van der Waals surface area contributed by atoms with Gasteiger partial charge in [0.05, 0.1) is 24.1 Å². The SMILES string of the molecule is CN1CCCC1c1cnnn1N1C=NC2c3ccccc3N3CN(F)C=C3N21. The van der Waals surface area contributed by atoms with Gasteiger partial charge in [0.1, 0.15) is 18.7 Å². The van der Waals surface area contributed by atoms with Gasteiger partial charge in [-0.1, -0.05) is 22.7 Å². The van der Waals surface area contributed by atoms with Gasteiger partial charge in [0.25, 0.3) is 0 Å². The van der Waals surface area contributed by atoms with Crippen molar-refractivity contribution in [3.63, 3.8) is 0 Å². The Hall–Kier alpha value is -3.14. The first-order chi connectivity index (χ1) is 13.7. The van der Waals surface area contributed by atoms with Gasteiger partial charge in [-0.2, -0.15) is 10.2 Å². The number of para-hydroxylation sites is 1. The van der Waals surface area contributed by atoms with Crippen molar-refractivity contribution in [2.75, 3.05) is 30.3 Å². The normalized spacial score (nSPS) is 26.0. The smallest absolute Gasteiger partial charge is 0.173 e. The Bertz CT molecular complexity index is 985. The fourth-order valence-corrected chi connectivity index (χ4v) is 4.61. The predicted octanol–water partition coefficient (Wildman–Crippen LogP) is 1.72. The van der Waals surface area contributed by atoms with E-state index in [9.17, 15) is 4.48 Å². The summed E-state index contributed by atoms with van der Waals surface area (Å²) in [6, 6.07) is 8.26. The molecule has 0 saturated carbocycles. The first-order valence-electron chi connectivity index (χ1n) is 9.46. The van der Waals surface area contributed by atoms with Crippen LogP contribution in [-0.4, -0.2) is 56.7 Å². The number of benzene rings is 1. The number of likely N-dealkylation sites (tertiary alicyclic amines) is 1. The molecule has 4 aliphatic rings.